The van der Waals surface area contributed by atoms with Crippen LogP contribution in [-0.4, -0.2) is 39.5 Å². The van der Waals surface area contributed by atoms with Gasteiger partial charge in [-0.25, -0.2) is 8.42 Å². The molecule has 6 nitrogen and oxygen atoms in total. The van der Waals surface area contributed by atoms with Crippen molar-refractivity contribution in [3.8, 4) is 0 Å². The van der Waals surface area contributed by atoms with E-state index in [1.165, 1.54) is 6.07 Å². The molecular formula is C20H14Cl2F6N2O4S. The number of carbonyl (C=O) groups is 1. The lowest BCUT2D eigenvalue weighted by atomic mass is 9.91. The molecule has 0 fully saturated rings. The molecule has 2 aromatic rings. The summed E-state index contributed by atoms with van der Waals surface area (Å²) in [5.41, 5.74) is -2.55. The monoisotopic (exact) mass is 562 g/mol. The summed E-state index contributed by atoms with van der Waals surface area (Å²) in [6.07, 6.45) is -8.47. The maximum atomic E-state index is 14.1. The van der Waals surface area contributed by atoms with Crippen LogP contribution in [0.1, 0.15) is 21.5 Å². The van der Waals surface area contributed by atoms with Crippen LogP contribution in [0.2, 0.25) is 10.0 Å². The number of nitrogens with one attached hydrogen (secondary N) is 2. The van der Waals surface area contributed by atoms with Crippen molar-refractivity contribution in [2.45, 2.75) is 22.8 Å². The minimum atomic E-state index is -5.03. The maximum absolute atomic E-state index is 14.1. The molecule has 0 bridgehead atoms. The zero-order valence-corrected chi connectivity index (χ0v) is 19.6. The Hall–Kier alpha value is -2.48. The molecule has 0 aliphatic carbocycles. The standard InChI is InChI=1S/C20H14Cl2F6N2O4S/c1-35(32,33)16-4-10(2-3-14(16)17(31)29-9-19(23,24)25)15-8-18(34-30-15,20(26,27)28)11-5-12(21)7-13(22)6-11/h2-8,30H,9H2,1H3,(H,29,31). The van der Waals surface area contributed by atoms with Crippen LogP contribution in [0.5, 0.6) is 0 Å². The molecule has 0 saturated heterocycles. The molecule has 1 atom stereocenters. The van der Waals surface area contributed by atoms with Crippen LogP contribution in [0.15, 0.2) is 47.4 Å². The molecule has 0 saturated carbocycles. The molecule has 1 heterocycles. The maximum Gasteiger partial charge on any atom is 0.428 e. The van der Waals surface area contributed by atoms with E-state index in [0.717, 1.165) is 30.3 Å². The van der Waals surface area contributed by atoms with E-state index in [2.05, 4.69) is 5.48 Å². The number of rotatable bonds is 5. The summed E-state index contributed by atoms with van der Waals surface area (Å²) in [4.78, 5) is 16.4. The molecule has 2 N–H and O–H groups in total. The van der Waals surface area contributed by atoms with Gasteiger partial charge < -0.3 is 5.32 Å². The van der Waals surface area contributed by atoms with E-state index < -0.39 is 56.3 Å². The second-order valence-electron chi connectivity index (χ2n) is 7.43. The number of benzene rings is 2. The van der Waals surface area contributed by atoms with Gasteiger partial charge in [0.1, 0.15) is 6.54 Å². The van der Waals surface area contributed by atoms with Crippen LogP contribution in [0, 0.1) is 0 Å². The average Bonchev–Trinajstić information content (AvgIpc) is 3.17. The smallest absolute Gasteiger partial charge is 0.343 e. The van der Waals surface area contributed by atoms with Crippen molar-refractivity contribution in [3.05, 3.63) is 69.2 Å². The van der Waals surface area contributed by atoms with Gasteiger partial charge in [0.25, 0.3) is 5.91 Å². The van der Waals surface area contributed by atoms with E-state index in [0.29, 0.717) is 12.3 Å². The number of halogens is 8. The lowest BCUT2D eigenvalue weighted by molar-refractivity contribution is -0.269. The van der Waals surface area contributed by atoms with Gasteiger partial charge in [0.15, 0.2) is 9.84 Å². The highest BCUT2D eigenvalue weighted by molar-refractivity contribution is 7.90. The first-order valence-electron chi connectivity index (χ1n) is 9.32. The number of hydrogen-bond acceptors (Lipinski definition) is 5. The molecule has 1 amide bonds. The van der Waals surface area contributed by atoms with Gasteiger partial charge in [-0.15, -0.1) is 0 Å². The Kier molecular flexibility index (Phi) is 7.12. The van der Waals surface area contributed by atoms with E-state index in [9.17, 15) is 39.6 Å². The highest BCUT2D eigenvalue weighted by Crippen LogP contribution is 2.48. The molecule has 2 aromatic carbocycles. The molecule has 0 aromatic heterocycles. The van der Waals surface area contributed by atoms with E-state index in [1.54, 1.807) is 5.32 Å². The van der Waals surface area contributed by atoms with Crippen molar-refractivity contribution in [1.82, 2.24) is 10.8 Å². The molecule has 0 spiro atoms. The Labute approximate surface area is 204 Å². The van der Waals surface area contributed by atoms with Crippen molar-refractivity contribution in [1.29, 1.82) is 0 Å². The third-order valence-electron chi connectivity index (χ3n) is 4.77. The zero-order valence-electron chi connectivity index (χ0n) is 17.3. The quantitative estimate of drug-likeness (QED) is 0.500. The van der Waals surface area contributed by atoms with E-state index in [4.69, 9.17) is 28.0 Å². The van der Waals surface area contributed by atoms with Crippen molar-refractivity contribution in [2.24, 2.45) is 0 Å². The van der Waals surface area contributed by atoms with Crippen LogP contribution in [0.4, 0.5) is 26.3 Å². The van der Waals surface area contributed by atoms with E-state index in [-0.39, 0.29) is 21.3 Å². The van der Waals surface area contributed by atoms with Gasteiger partial charge in [-0.1, -0.05) is 29.3 Å². The van der Waals surface area contributed by atoms with Crippen LogP contribution in [0.3, 0.4) is 0 Å². The summed E-state index contributed by atoms with van der Waals surface area (Å²) in [5, 5.41) is 1.34. The molecule has 0 radical (unpaired) electrons. The fourth-order valence-corrected chi connectivity index (χ4v) is 4.64. The second-order valence-corrected chi connectivity index (χ2v) is 10.3. The average molecular weight is 563 g/mol. The summed E-state index contributed by atoms with van der Waals surface area (Å²) >= 11 is 11.7. The molecule has 3 rings (SSSR count). The SMILES string of the molecule is CS(=O)(=O)c1cc(C2=CC(c3cc(Cl)cc(Cl)c3)(C(F)(F)F)ON2)ccc1C(=O)NCC(F)(F)F. The minimum Gasteiger partial charge on any atom is -0.343 e. The van der Waals surface area contributed by atoms with Gasteiger partial charge in [0.2, 0.25) is 5.60 Å². The van der Waals surface area contributed by atoms with Crippen LogP contribution in [-0.2, 0) is 20.3 Å². The molecule has 1 aliphatic rings. The Morgan fingerprint density at radius 1 is 1.06 bits per heavy atom. The lowest BCUT2D eigenvalue weighted by Crippen LogP contribution is -2.42. The Morgan fingerprint density at radius 2 is 1.66 bits per heavy atom. The van der Waals surface area contributed by atoms with Crippen molar-refractivity contribution < 1.29 is 44.4 Å². The molecule has 35 heavy (non-hydrogen) atoms. The minimum absolute atomic E-state index is 0.102. The van der Waals surface area contributed by atoms with Crippen molar-refractivity contribution in [2.75, 3.05) is 12.8 Å². The first-order valence-corrected chi connectivity index (χ1v) is 12.0. The highest BCUT2D eigenvalue weighted by atomic mass is 35.5. The zero-order chi connectivity index (χ0) is 26.4. The van der Waals surface area contributed by atoms with Crippen molar-refractivity contribution >= 4 is 44.6 Å². The van der Waals surface area contributed by atoms with E-state index >= 15 is 0 Å². The lowest BCUT2D eigenvalue weighted by Gasteiger charge is -2.28. The Bertz CT molecular complexity index is 1290. The highest BCUT2D eigenvalue weighted by Gasteiger charge is 2.59. The van der Waals surface area contributed by atoms with E-state index in [1.807, 2.05) is 0 Å². The largest absolute Gasteiger partial charge is 0.428 e. The third-order valence-corrected chi connectivity index (χ3v) is 6.34. The fourth-order valence-electron chi connectivity index (χ4n) is 3.21. The molecule has 190 valence electrons. The molecule has 15 heteroatoms. The second kappa shape index (κ2) is 9.19. The van der Waals surface area contributed by atoms with Gasteiger partial charge >= 0.3 is 12.4 Å². The predicted molar refractivity (Wildman–Crippen MR) is 114 cm³/mol. The summed E-state index contributed by atoms with van der Waals surface area (Å²) < 4.78 is 104. The molecule has 1 unspecified atom stereocenters. The van der Waals surface area contributed by atoms with Gasteiger partial charge in [0, 0.05) is 27.4 Å². The topological polar surface area (TPSA) is 84.5 Å². The number of hydrogen-bond donors (Lipinski definition) is 2. The van der Waals surface area contributed by atoms with Gasteiger partial charge in [-0.05, 0) is 36.4 Å². The predicted octanol–water partition coefficient (Wildman–Crippen LogP) is 5.02. The first-order chi connectivity index (χ1) is 15.9. The summed E-state index contributed by atoms with van der Waals surface area (Å²) in [6, 6.07) is 5.96. The normalized spacial score (nSPS) is 18.7. The summed E-state index contributed by atoms with van der Waals surface area (Å²) in [7, 11) is -4.20. The Morgan fingerprint density at radius 3 is 2.17 bits per heavy atom. The number of hydroxylamine groups is 1. The number of alkyl halides is 6. The summed E-state index contributed by atoms with van der Waals surface area (Å²) in [6.45, 7) is -1.71. The molecular weight excluding hydrogens is 549 g/mol. The van der Waals surface area contributed by atoms with Crippen LogP contribution >= 0.6 is 23.2 Å². The Balaban J connectivity index is 2.10. The van der Waals surface area contributed by atoms with Crippen LogP contribution < -0.4 is 10.8 Å². The molecule has 1 aliphatic heterocycles. The van der Waals surface area contributed by atoms with Crippen molar-refractivity contribution in [3.63, 3.8) is 0 Å². The van der Waals surface area contributed by atoms with Gasteiger partial charge in [-0.3, -0.25) is 15.1 Å². The number of sulfone groups is 1. The number of amides is 1. The first kappa shape index (κ1) is 27.1. The third kappa shape index (κ3) is 5.85. The van der Waals surface area contributed by atoms with Crippen LogP contribution in [0.25, 0.3) is 5.70 Å². The van der Waals surface area contributed by atoms with Gasteiger partial charge in [-0.2, -0.15) is 26.3 Å². The number of carbonyl (C=O) groups excluding carboxylic acids is 1. The fraction of sp³-hybridized carbons (Fsp3) is 0.250. The van der Waals surface area contributed by atoms with Gasteiger partial charge in [0.05, 0.1) is 16.2 Å². The summed E-state index contributed by atoms with van der Waals surface area (Å²) in [5.74, 6) is -1.34.